The number of fused-ring (bicyclic) bond motifs is 3. The van der Waals surface area contributed by atoms with Crippen LogP contribution < -0.4 is 15.2 Å². The number of amides is 2. The van der Waals surface area contributed by atoms with Gasteiger partial charge in [0.15, 0.2) is 9.92 Å². The summed E-state index contributed by atoms with van der Waals surface area (Å²) >= 11 is 3.72. The Morgan fingerprint density at radius 2 is 2.00 bits per heavy atom. The molecule has 2 heterocycles. The molecule has 2 aliphatic carbocycles. The smallest absolute Gasteiger partial charge is 0.354 e. The van der Waals surface area contributed by atoms with Gasteiger partial charge in [0.2, 0.25) is 5.88 Å². The molecule has 148 valence electrons. The number of aromatic nitrogens is 2. The molecule has 0 radical (unpaired) electrons. The molecular formula is C18H20BrN5O3S. The number of hydrogen-bond donors (Lipinski definition) is 2. The van der Waals surface area contributed by atoms with Gasteiger partial charge >= 0.3 is 6.03 Å². The van der Waals surface area contributed by atoms with E-state index >= 15 is 0 Å². The van der Waals surface area contributed by atoms with Gasteiger partial charge in [-0.2, -0.15) is 5.10 Å². The van der Waals surface area contributed by atoms with Gasteiger partial charge in [-0.25, -0.2) is 18.8 Å². The van der Waals surface area contributed by atoms with Crippen molar-refractivity contribution in [1.29, 1.82) is 0 Å². The van der Waals surface area contributed by atoms with Gasteiger partial charge in [-0.05, 0) is 61.3 Å². The fourth-order valence-corrected chi connectivity index (χ4v) is 6.12. The number of anilines is 1. The number of carbonyl (C=O) groups is 1. The van der Waals surface area contributed by atoms with Crippen LogP contribution in [0.3, 0.4) is 0 Å². The maximum Gasteiger partial charge on any atom is 0.354 e. The predicted octanol–water partition coefficient (Wildman–Crippen LogP) is 2.95. The van der Waals surface area contributed by atoms with E-state index in [9.17, 15) is 9.00 Å². The quantitative estimate of drug-likeness (QED) is 0.709. The summed E-state index contributed by atoms with van der Waals surface area (Å²) in [6, 6.07) is -0.705. The average molecular weight is 466 g/mol. The summed E-state index contributed by atoms with van der Waals surface area (Å²) in [4.78, 5) is 12.8. The Kier molecular flexibility index (Phi) is 4.08. The molecule has 1 aromatic heterocycles. The van der Waals surface area contributed by atoms with Crippen LogP contribution in [0.15, 0.2) is 19.9 Å². The average Bonchev–Trinajstić information content (AvgIpc) is 3.25. The predicted molar refractivity (Wildman–Crippen MR) is 108 cm³/mol. The maximum absolute atomic E-state index is 13.0. The molecule has 2 atom stereocenters. The van der Waals surface area contributed by atoms with Crippen LogP contribution in [-0.2, 0) is 42.1 Å². The van der Waals surface area contributed by atoms with Gasteiger partial charge in [-0.15, -0.1) is 4.36 Å². The minimum Gasteiger partial charge on any atom is -0.472 e. The Morgan fingerprint density at radius 3 is 2.75 bits per heavy atom. The van der Waals surface area contributed by atoms with E-state index in [4.69, 9.17) is 9.88 Å². The number of nitrogens with one attached hydrogen (secondary N) is 1. The minimum atomic E-state index is -3.47. The van der Waals surface area contributed by atoms with E-state index in [0.717, 1.165) is 48.9 Å². The minimum absolute atomic E-state index is 0.0873. The largest absolute Gasteiger partial charge is 0.472 e. The Labute approximate surface area is 171 Å². The van der Waals surface area contributed by atoms with Crippen LogP contribution in [0.25, 0.3) is 0 Å². The molecule has 0 spiro atoms. The molecule has 1 unspecified atom stereocenters. The number of halogens is 1. The summed E-state index contributed by atoms with van der Waals surface area (Å²) in [6.45, 7) is 2.43. The standard InChI is InChI=1S/C18H20BrN5O3S/c1-9-8-24-17(27-9)14(7-21-24)28(20,26)23-18(25)22-16-12-4-2-3-10(12)15(19)11-5-6-13(11)16/h7,9H,2-6,8H2,1H3,(H3,20,22,23,25,26)/t9-,28?/m0/s1. The number of rotatable bonds is 2. The number of nitrogens with two attached hydrogens (primary N) is 1. The lowest BCUT2D eigenvalue weighted by Gasteiger charge is -2.27. The number of nitrogens with zero attached hydrogens (tertiary/aromatic N) is 3. The summed E-state index contributed by atoms with van der Waals surface area (Å²) in [5.74, 6) is 0.324. The molecule has 8 nitrogen and oxygen atoms in total. The zero-order chi connectivity index (χ0) is 19.6. The first-order chi connectivity index (χ1) is 13.3. The maximum atomic E-state index is 13.0. The fourth-order valence-electron chi connectivity index (χ4n) is 4.25. The Morgan fingerprint density at radius 1 is 1.32 bits per heavy atom. The van der Waals surface area contributed by atoms with E-state index in [1.54, 1.807) is 4.68 Å². The molecule has 0 fully saturated rings. The number of hydrogen-bond acceptors (Lipinski definition) is 4. The first kappa shape index (κ1) is 18.1. The van der Waals surface area contributed by atoms with E-state index in [1.165, 1.54) is 21.8 Å². The normalized spacial score (nSPS) is 21.0. The second-order valence-electron chi connectivity index (χ2n) is 7.47. The van der Waals surface area contributed by atoms with Gasteiger partial charge in [0.1, 0.15) is 11.0 Å². The van der Waals surface area contributed by atoms with Crippen LogP contribution in [0.2, 0.25) is 0 Å². The van der Waals surface area contributed by atoms with Crippen molar-refractivity contribution < 1.29 is 13.7 Å². The fraction of sp³-hybridized carbons (Fsp3) is 0.444. The molecule has 2 amide bonds. The molecule has 3 aliphatic rings. The van der Waals surface area contributed by atoms with Crippen molar-refractivity contribution in [2.24, 2.45) is 9.50 Å². The van der Waals surface area contributed by atoms with Crippen LogP contribution in [0.1, 0.15) is 35.6 Å². The molecule has 0 saturated carbocycles. The first-order valence-corrected chi connectivity index (χ1v) is 11.7. The third-order valence-corrected chi connectivity index (χ3v) is 7.91. The lowest BCUT2D eigenvalue weighted by Crippen LogP contribution is -2.22. The van der Waals surface area contributed by atoms with Crippen molar-refractivity contribution in [1.82, 2.24) is 9.78 Å². The number of ether oxygens (including phenoxy) is 1. The third kappa shape index (κ3) is 2.69. The van der Waals surface area contributed by atoms with E-state index < -0.39 is 15.9 Å². The highest BCUT2D eigenvalue weighted by Gasteiger charge is 2.31. The molecule has 3 N–H and O–H groups in total. The van der Waals surface area contributed by atoms with Crippen molar-refractivity contribution in [2.45, 2.75) is 56.6 Å². The molecular weight excluding hydrogens is 446 g/mol. The van der Waals surface area contributed by atoms with Crippen molar-refractivity contribution in [3.8, 4) is 5.88 Å². The zero-order valence-electron chi connectivity index (χ0n) is 15.3. The molecule has 2 aromatic rings. The monoisotopic (exact) mass is 465 g/mol. The lowest BCUT2D eigenvalue weighted by atomic mass is 9.83. The first-order valence-electron chi connectivity index (χ1n) is 9.28. The SMILES string of the molecule is C[C@H]1Cn2ncc(S(N)(=O)=NC(=O)Nc3c4c(c(Br)c5c3CC5)CCC4)c2O1. The van der Waals surface area contributed by atoms with Gasteiger partial charge in [0.25, 0.3) is 0 Å². The van der Waals surface area contributed by atoms with Crippen LogP contribution in [0.4, 0.5) is 10.5 Å². The molecule has 1 aromatic carbocycles. The van der Waals surface area contributed by atoms with Gasteiger partial charge in [-0.1, -0.05) is 15.9 Å². The highest BCUT2D eigenvalue weighted by atomic mass is 79.9. The molecule has 0 saturated heterocycles. The number of urea groups is 1. The van der Waals surface area contributed by atoms with Crippen molar-refractivity contribution in [2.75, 3.05) is 5.32 Å². The Hall–Kier alpha value is -1.91. The third-order valence-electron chi connectivity index (χ3n) is 5.61. The zero-order valence-corrected chi connectivity index (χ0v) is 17.7. The highest BCUT2D eigenvalue weighted by Crippen LogP contribution is 2.45. The summed E-state index contributed by atoms with van der Waals surface area (Å²) in [7, 11) is -3.47. The van der Waals surface area contributed by atoms with Gasteiger partial charge in [0.05, 0.1) is 12.7 Å². The van der Waals surface area contributed by atoms with Gasteiger partial charge in [0, 0.05) is 10.2 Å². The molecule has 5 rings (SSSR count). The van der Waals surface area contributed by atoms with Gasteiger partial charge < -0.3 is 10.1 Å². The Balaban J connectivity index is 1.49. The topological polar surface area (TPSA) is 112 Å². The summed E-state index contributed by atoms with van der Waals surface area (Å²) < 4.78 is 25.2. The van der Waals surface area contributed by atoms with Crippen molar-refractivity contribution >= 4 is 37.6 Å². The van der Waals surface area contributed by atoms with E-state index in [1.807, 2.05) is 6.92 Å². The van der Waals surface area contributed by atoms with Crippen LogP contribution in [-0.4, -0.2) is 26.1 Å². The van der Waals surface area contributed by atoms with E-state index in [0.29, 0.717) is 12.4 Å². The molecule has 1 aliphatic heterocycles. The second-order valence-corrected chi connectivity index (χ2v) is 10.0. The summed E-state index contributed by atoms with van der Waals surface area (Å²) in [5.41, 5.74) is 5.63. The van der Waals surface area contributed by atoms with Crippen LogP contribution in [0.5, 0.6) is 5.88 Å². The van der Waals surface area contributed by atoms with Crippen LogP contribution in [0, 0.1) is 0 Å². The van der Waals surface area contributed by atoms with Crippen LogP contribution >= 0.6 is 15.9 Å². The summed E-state index contributed by atoms with van der Waals surface area (Å²) in [6.07, 6.45) is 6.15. The summed E-state index contributed by atoms with van der Waals surface area (Å²) in [5, 5.41) is 12.9. The molecule has 10 heteroatoms. The Bertz CT molecular complexity index is 1150. The lowest BCUT2D eigenvalue weighted by molar-refractivity contribution is 0.248. The second kappa shape index (κ2) is 6.30. The van der Waals surface area contributed by atoms with Gasteiger partial charge in [-0.3, -0.25) is 0 Å². The van der Waals surface area contributed by atoms with E-state index in [-0.39, 0.29) is 11.0 Å². The number of benzene rings is 1. The molecule has 28 heavy (non-hydrogen) atoms. The molecule has 0 bridgehead atoms. The van der Waals surface area contributed by atoms with Crippen molar-refractivity contribution in [3.63, 3.8) is 0 Å². The highest BCUT2D eigenvalue weighted by molar-refractivity contribution is 9.10. The van der Waals surface area contributed by atoms with Crippen molar-refractivity contribution in [3.05, 3.63) is 32.9 Å². The number of carbonyl (C=O) groups excluding carboxylic acids is 1. The van der Waals surface area contributed by atoms with E-state index in [2.05, 4.69) is 30.7 Å².